The molecule has 4 rings (SSSR count). The van der Waals surface area contributed by atoms with Gasteiger partial charge in [-0.15, -0.1) is 0 Å². The Morgan fingerprint density at radius 2 is 1.88 bits per heavy atom. The molecule has 124 valence electrons. The molecule has 5 nitrogen and oxygen atoms in total. The largest absolute Gasteiger partial charge is 0.293 e. The Bertz CT molecular complexity index is 1180. The first-order valence-electron chi connectivity index (χ1n) is 8.12. The van der Waals surface area contributed by atoms with E-state index in [1.165, 1.54) is 6.92 Å². The zero-order chi connectivity index (χ0) is 18.1. The Balaban J connectivity index is 1.84. The molecule has 0 atom stereocenters. The van der Waals surface area contributed by atoms with E-state index >= 15 is 0 Å². The first kappa shape index (κ1) is 15.7. The van der Waals surface area contributed by atoms with Crippen molar-refractivity contribution in [3.63, 3.8) is 0 Å². The van der Waals surface area contributed by atoms with Gasteiger partial charge in [0.2, 0.25) is 5.78 Å². The maximum absolute atomic E-state index is 11.5. The number of nitriles is 1. The van der Waals surface area contributed by atoms with Gasteiger partial charge in [0.25, 0.3) is 0 Å². The third kappa shape index (κ3) is 2.64. The van der Waals surface area contributed by atoms with Crippen LogP contribution in [-0.4, -0.2) is 20.2 Å². The fourth-order valence-corrected chi connectivity index (χ4v) is 2.96. The number of aromatic nitrogens is 3. The third-order valence-electron chi connectivity index (χ3n) is 4.26. The minimum atomic E-state index is -0.0906. The van der Waals surface area contributed by atoms with Crippen molar-refractivity contribution in [2.75, 3.05) is 0 Å². The lowest BCUT2D eigenvalue weighted by Gasteiger charge is -2.07. The van der Waals surface area contributed by atoms with Crippen molar-refractivity contribution in [2.24, 2.45) is 0 Å². The van der Waals surface area contributed by atoms with Crippen molar-refractivity contribution in [3.05, 3.63) is 78.2 Å². The van der Waals surface area contributed by atoms with Crippen LogP contribution in [-0.2, 0) is 0 Å². The molecule has 0 bridgehead atoms. The molecule has 0 saturated carbocycles. The average molecular weight is 338 g/mol. The molecule has 0 aliphatic heterocycles. The maximum atomic E-state index is 11.5. The van der Waals surface area contributed by atoms with E-state index in [4.69, 9.17) is 0 Å². The first-order valence-corrected chi connectivity index (χ1v) is 8.12. The van der Waals surface area contributed by atoms with Gasteiger partial charge in [0.1, 0.15) is 5.69 Å². The topological polar surface area (TPSA) is 71.0 Å². The van der Waals surface area contributed by atoms with Gasteiger partial charge in [0.05, 0.1) is 23.5 Å². The molecule has 0 aliphatic rings. The van der Waals surface area contributed by atoms with Gasteiger partial charge in [-0.05, 0) is 29.3 Å². The lowest BCUT2D eigenvalue weighted by molar-refractivity contribution is 0.101. The number of hydrogen-bond donors (Lipinski definition) is 0. The van der Waals surface area contributed by atoms with Crippen LogP contribution in [0.15, 0.2) is 67.0 Å². The summed E-state index contributed by atoms with van der Waals surface area (Å²) in [5.41, 5.74) is 4.71. The monoisotopic (exact) mass is 338 g/mol. The first-order chi connectivity index (χ1) is 12.7. The Labute approximate surface area is 150 Å². The highest BCUT2D eigenvalue weighted by Gasteiger charge is 2.11. The van der Waals surface area contributed by atoms with Crippen LogP contribution >= 0.6 is 0 Å². The standard InChI is InChI=1S/C21H14N4O/c1-14(26)19-9-10-25-20(13-23-21(25)24-19)16-7-4-6-15(11-16)18-8-3-2-5-17(18)12-22/h2-11,13H,1H3. The minimum absolute atomic E-state index is 0.0906. The van der Waals surface area contributed by atoms with Crippen LogP contribution < -0.4 is 0 Å². The van der Waals surface area contributed by atoms with Gasteiger partial charge in [0, 0.05) is 18.7 Å². The molecular weight excluding hydrogens is 324 g/mol. The quantitative estimate of drug-likeness (QED) is 0.526. The Morgan fingerprint density at radius 3 is 2.69 bits per heavy atom. The average Bonchev–Trinajstić information content (AvgIpc) is 3.11. The van der Waals surface area contributed by atoms with Gasteiger partial charge in [-0.2, -0.15) is 5.26 Å². The predicted octanol–water partition coefficient (Wildman–Crippen LogP) is 4.14. The molecule has 26 heavy (non-hydrogen) atoms. The van der Waals surface area contributed by atoms with Gasteiger partial charge >= 0.3 is 0 Å². The number of carbonyl (C=O) groups is 1. The second kappa shape index (κ2) is 6.26. The second-order valence-corrected chi connectivity index (χ2v) is 5.92. The van der Waals surface area contributed by atoms with Crippen LogP contribution in [0.3, 0.4) is 0 Å². The normalized spacial score (nSPS) is 10.6. The van der Waals surface area contributed by atoms with Crippen molar-refractivity contribution in [1.29, 1.82) is 5.26 Å². The molecule has 4 aromatic rings. The molecule has 5 heteroatoms. The van der Waals surface area contributed by atoms with E-state index < -0.39 is 0 Å². The third-order valence-corrected chi connectivity index (χ3v) is 4.26. The zero-order valence-corrected chi connectivity index (χ0v) is 14.0. The van der Waals surface area contributed by atoms with E-state index in [2.05, 4.69) is 16.0 Å². The number of hydrogen-bond acceptors (Lipinski definition) is 4. The van der Waals surface area contributed by atoms with Gasteiger partial charge in [0.15, 0.2) is 5.78 Å². The molecule has 0 unspecified atom stereocenters. The molecule has 0 N–H and O–H groups in total. The van der Waals surface area contributed by atoms with Gasteiger partial charge in [-0.1, -0.05) is 36.4 Å². The summed E-state index contributed by atoms with van der Waals surface area (Å²) in [7, 11) is 0. The van der Waals surface area contributed by atoms with Crippen LogP contribution in [0, 0.1) is 11.3 Å². The number of benzene rings is 2. The molecule has 2 aromatic carbocycles. The summed E-state index contributed by atoms with van der Waals surface area (Å²) in [6, 6.07) is 19.4. The van der Waals surface area contributed by atoms with Crippen LogP contribution in [0.2, 0.25) is 0 Å². The van der Waals surface area contributed by atoms with Gasteiger partial charge < -0.3 is 0 Å². The fourth-order valence-electron chi connectivity index (χ4n) is 2.96. The summed E-state index contributed by atoms with van der Waals surface area (Å²) >= 11 is 0. The van der Waals surface area contributed by atoms with Crippen molar-refractivity contribution in [3.8, 4) is 28.5 Å². The number of Topliss-reactive ketones (excluding diaryl/α,β-unsaturated/α-hetero) is 1. The van der Waals surface area contributed by atoms with E-state index in [0.717, 1.165) is 22.4 Å². The van der Waals surface area contributed by atoms with Crippen LogP contribution in [0.1, 0.15) is 23.0 Å². The molecular formula is C21H14N4O. The highest BCUT2D eigenvalue weighted by Crippen LogP contribution is 2.28. The summed E-state index contributed by atoms with van der Waals surface area (Å²) in [6.07, 6.45) is 3.54. The summed E-state index contributed by atoms with van der Waals surface area (Å²) in [5.74, 6) is 0.391. The molecule has 2 heterocycles. The maximum Gasteiger partial charge on any atom is 0.234 e. The molecule has 2 aromatic heterocycles. The molecule has 0 aliphatic carbocycles. The minimum Gasteiger partial charge on any atom is -0.293 e. The van der Waals surface area contributed by atoms with Crippen LogP contribution in [0.25, 0.3) is 28.2 Å². The number of nitrogens with zero attached hydrogens (tertiary/aromatic N) is 4. The van der Waals surface area contributed by atoms with E-state index in [1.807, 2.05) is 52.9 Å². The molecule has 0 amide bonds. The summed E-state index contributed by atoms with van der Waals surface area (Å²) < 4.78 is 1.85. The second-order valence-electron chi connectivity index (χ2n) is 5.92. The van der Waals surface area contributed by atoms with Gasteiger partial charge in [-0.25, -0.2) is 9.97 Å². The van der Waals surface area contributed by atoms with E-state index in [0.29, 0.717) is 17.0 Å². The number of carbonyl (C=O) groups excluding carboxylic acids is 1. The highest BCUT2D eigenvalue weighted by molar-refractivity contribution is 5.92. The van der Waals surface area contributed by atoms with Gasteiger partial charge in [-0.3, -0.25) is 9.20 Å². The smallest absolute Gasteiger partial charge is 0.234 e. The summed E-state index contributed by atoms with van der Waals surface area (Å²) in [5, 5.41) is 9.35. The van der Waals surface area contributed by atoms with Crippen molar-refractivity contribution in [1.82, 2.24) is 14.4 Å². The van der Waals surface area contributed by atoms with Crippen molar-refractivity contribution in [2.45, 2.75) is 6.92 Å². The van der Waals surface area contributed by atoms with Crippen LogP contribution in [0.5, 0.6) is 0 Å². The van der Waals surface area contributed by atoms with Crippen molar-refractivity contribution >= 4 is 11.6 Å². The summed E-state index contributed by atoms with van der Waals surface area (Å²) in [6.45, 7) is 1.48. The number of ketones is 1. The number of imidazole rings is 1. The van der Waals surface area contributed by atoms with E-state index in [9.17, 15) is 10.1 Å². The Kier molecular flexibility index (Phi) is 3.79. The Hall–Kier alpha value is -3.78. The zero-order valence-electron chi connectivity index (χ0n) is 14.0. The molecule has 0 radical (unpaired) electrons. The molecule has 0 fully saturated rings. The predicted molar refractivity (Wildman–Crippen MR) is 98.6 cm³/mol. The lowest BCUT2D eigenvalue weighted by Crippen LogP contribution is -2.00. The lowest BCUT2D eigenvalue weighted by atomic mass is 9.98. The Morgan fingerprint density at radius 1 is 1.08 bits per heavy atom. The molecule has 0 saturated heterocycles. The number of rotatable bonds is 3. The summed E-state index contributed by atoms with van der Waals surface area (Å²) in [4.78, 5) is 20.1. The van der Waals surface area contributed by atoms with Crippen LogP contribution in [0.4, 0.5) is 0 Å². The van der Waals surface area contributed by atoms with E-state index in [1.54, 1.807) is 18.5 Å². The highest BCUT2D eigenvalue weighted by atomic mass is 16.1. The van der Waals surface area contributed by atoms with Crippen molar-refractivity contribution < 1.29 is 4.79 Å². The fraction of sp³-hybridized carbons (Fsp3) is 0.0476. The SMILES string of the molecule is CC(=O)c1ccn2c(-c3cccc(-c4ccccc4C#N)c3)cnc2n1. The molecule has 0 spiro atoms. The van der Waals surface area contributed by atoms with E-state index in [-0.39, 0.29) is 5.78 Å². The number of fused-ring (bicyclic) bond motifs is 1.